The van der Waals surface area contributed by atoms with E-state index < -0.39 is 6.10 Å². The van der Waals surface area contributed by atoms with Gasteiger partial charge >= 0.3 is 6.03 Å². The Kier molecular flexibility index (Phi) is 4.07. The molecule has 1 atom stereocenters. The second-order valence-electron chi connectivity index (χ2n) is 5.03. The maximum Gasteiger partial charge on any atom is 0.324 e. The SMILES string of the molecule is CC(C)N1CCN(c2ccccc2C(O)CN)C1=O. The average molecular weight is 263 g/mol. The number of hydrogen-bond acceptors (Lipinski definition) is 3. The lowest BCUT2D eigenvalue weighted by atomic mass is 10.1. The topological polar surface area (TPSA) is 69.8 Å². The van der Waals surface area contributed by atoms with Crippen molar-refractivity contribution in [3.8, 4) is 0 Å². The Hall–Kier alpha value is -1.59. The number of nitrogens with zero attached hydrogens (tertiary/aromatic N) is 2. The lowest BCUT2D eigenvalue weighted by Crippen LogP contribution is -2.36. The molecule has 0 aromatic heterocycles. The molecule has 1 heterocycles. The number of hydrogen-bond donors (Lipinski definition) is 2. The number of benzene rings is 1. The number of anilines is 1. The van der Waals surface area contributed by atoms with Gasteiger partial charge in [0.05, 0.1) is 11.8 Å². The molecule has 1 saturated heterocycles. The van der Waals surface area contributed by atoms with E-state index in [-0.39, 0.29) is 18.6 Å². The van der Waals surface area contributed by atoms with Gasteiger partial charge in [-0.3, -0.25) is 4.90 Å². The minimum atomic E-state index is -0.739. The Bertz CT molecular complexity index is 462. The second-order valence-corrected chi connectivity index (χ2v) is 5.03. The molecule has 1 aliphatic rings. The Morgan fingerprint density at radius 1 is 1.32 bits per heavy atom. The number of amides is 2. The van der Waals surface area contributed by atoms with E-state index in [0.29, 0.717) is 18.7 Å². The van der Waals surface area contributed by atoms with E-state index in [1.807, 2.05) is 43.0 Å². The first kappa shape index (κ1) is 13.8. The van der Waals surface area contributed by atoms with Gasteiger partial charge < -0.3 is 15.7 Å². The van der Waals surface area contributed by atoms with Crippen LogP contribution in [0.5, 0.6) is 0 Å². The molecule has 0 radical (unpaired) electrons. The fourth-order valence-corrected chi connectivity index (χ4v) is 2.40. The highest BCUT2D eigenvalue weighted by Gasteiger charge is 2.32. The van der Waals surface area contributed by atoms with Crippen molar-refractivity contribution < 1.29 is 9.90 Å². The highest BCUT2D eigenvalue weighted by molar-refractivity contribution is 5.95. The summed E-state index contributed by atoms with van der Waals surface area (Å²) in [5, 5.41) is 9.96. The quantitative estimate of drug-likeness (QED) is 0.861. The lowest BCUT2D eigenvalue weighted by Gasteiger charge is -2.24. The van der Waals surface area contributed by atoms with Crippen LogP contribution in [0, 0.1) is 0 Å². The van der Waals surface area contributed by atoms with E-state index in [4.69, 9.17) is 5.73 Å². The summed E-state index contributed by atoms with van der Waals surface area (Å²) >= 11 is 0. The molecule has 5 nitrogen and oxygen atoms in total. The van der Waals surface area contributed by atoms with E-state index in [1.54, 1.807) is 4.90 Å². The lowest BCUT2D eigenvalue weighted by molar-refractivity contribution is 0.187. The van der Waals surface area contributed by atoms with Crippen molar-refractivity contribution in [3.63, 3.8) is 0 Å². The van der Waals surface area contributed by atoms with Gasteiger partial charge in [-0.25, -0.2) is 4.79 Å². The standard InChI is InChI=1S/C14H21N3O2/c1-10(2)16-7-8-17(14(16)19)12-6-4-3-5-11(12)13(18)9-15/h3-6,10,13,18H,7-9,15H2,1-2H3. The smallest absolute Gasteiger partial charge is 0.324 e. The Balaban J connectivity index is 2.31. The van der Waals surface area contributed by atoms with Crippen LogP contribution in [0.2, 0.25) is 0 Å². The molecular formula is C14H21N3O2. The molecule has 0 spiro atoms. The average Bonchev–Trinajstić information content (AvgIpc) is 2.79. The highest BCUT2D eigenvalue weighted by Crippen LogP contribution is 2.29. The van der Waals surface area contributed by atoms with Crippen molar-refractivity contribution in [1.82, 2.24) is 4.90 Å². The van der Waals surface area contributed by atoms with Crippen LogP contribution in [-0.2, 0) is 0 Å². The van der Waals surface area contributed by atoms with Crippen LogP contribution in [0.15, 0.2) is 24.3 Å². The van der Waals surface area contributed by atoms with Gasteiger partial charge in [-0.1, -0.05) is 18.2 Å². The van der Waals surface area contributed by atoms with E-state index in [9.17, 15) is 9.90 Å². The molecule has 104 valence electrons. The van der Waals surface area contributed by atoms with Gasteiger partial charge in [-0.15, -0.1) is 0 Å². The fourth-order valence-electron chi connectivity index (χ4n) is 2.40. The first-order valence-electron chi connectivity index (χ1n) is 6.61. The van der Waals surface area contributed by atoms with Crippen LogP contribution in [0.4, 0.5) is 10.5 Å². The van der Waals surface area contributed by atoms with Crippen molar-refractivity contribution in [2.24, 2.45) is 5.73 Å². The minimum Gasteiger partial charge on any atom is -0.387 e. The first-order chi connectivity index (χ1) is 9.06. The van der Waals surface area contributed by atoms with E-state index >= 15 is 0 Å². The number of nitrogens with two attached hydrogens (primary N) is 1. The molecule has 1 fully saturated rings. The molecule has 1 aliphatic heterocycles. The van der Waals surface area contributed by atoms with Crippen molar-refractivity contribution in [1.29, 1.82) is 0 Å². The second kappa shape index (κ2) is 5.59. The van der Waals surface area contributed by atoms with Crippen LogP contribution in [0.1, 0.15) is 25.5 Å². The zero-order chi connectivity index (χ0) is 14.0. The summed E-state index contributed by atoms with van der Waals surface area (Å²) in [4.78, 5) is 15.9. The Labute approximate surface area is 113 Å². The molecule has 1 unspecified atom stereocenters. The van der Waals surface area contributed by atoms with E-state index in [1.165, 1.54) is 0 Å². The van der Waals surface area contributed by atoms with Crippen LogP contribution >= 0.6 is 0 Å². The number of rotatable bonds is 4. The summed E-state index contributed by atoms with van der Waals surface area (Å²) in [5.74, 6) is 0. The summed E-state index contributed by atoms with van der Waals surface area (Å²) in [7, 11) is 0. The predicted octanol–water partition coefficient (Wildman–Crippen LogP) is 1.33. The number of aliphatic hydroxyl groups excluding tert-OH is 1. The summed E-state index contributed by atoms with van der Waals surface area (Å²) in [6.07, 6.45) is -0.739. The van der Waals surface area contributed by atoms with Crippen molar-refractivity contribution in [2.45, 2.75) is 26.0 Å². The third kappa shape index (κ3) is 2.57. The molecule has 0 saturated carbocycles. The zero-order valence-corrected chi connectivity index (χ0v) is 11.4. The predicted molar refractivity (Wildman–Crippen MR) is 75.0 cm³/mol. The summed E-state index contributed by atoms with van der Waals surface area (Å²) < 4.78 is 0. The first-order valence-corrected chi connectivity index (χ1v) is 6.61. The number of carbonyl (C=O) groups is 1. The summed E-state index contributed by atoms with van der Waals surface area (Å²) in [6, 6.07) is 7.57. The zero-order valence-electron chi connectivity index (χ0n) is 11.4. The van der Waals surface area contributed by atoms with Crippen molar-refractivity contribution in [3.05, 3.63) is 29.8 Å². The maximum absolute atomic E-state index is 12.3. The third-order valence-corrected chi connectivity index (χ3v) is 3.47. The van der Waals surface area contributed by atoms with Crippen LogP contribution in [0.3, 0.4) is 0 Å². The fraction of sp³-hybridized carbons (Fsp3) is 0.500. The van der Waals surface area contributed by atoms with E-state index in [2.05, 4.69) is 0 Å². The number of para-hydroxylation sites is 1. The van der Waals surface area contributed by atoms with Crippen LogP contribution in [0.25, 0.3) is 0 Å². The molecule has 1 aromatic rings. The molecule has 0 bridgehead atoms. The molecular weight excluding hydrogens is 242 g/mol. The van der Waals surface area contributed by atoms with Gasteiger partial charge in [-0.05, 0) is 19.9 Å². The molecule has 5 heteroatoms. The van der Waals surface area contributed by atoms with E-state index in [0.717, 1.165) is 5.69 Å². The Morgan fingerprint density at radius 3 is 2.58 bits per heavy atom. The summed E-state index contributed by atoms with van der Waals surface area (Å²) in [6.45, 7) is 5.51. The normalized spacial score (nSPS) is 17.4. The van der Waals surface area contributed by atoms with Gasteiger partial charge in [0.1, 0.15) is 0 Å². The largest absolute Gasteiger partial charge is 0.387 e. The van der Waals surface area contributed by atoms with Crippen molar-refractivity contribution >= 4 is 11.7 Å². The third-order valence-electron chi connectivity index (χ3n) is 3.47. The number of aliphatic hydroxyl groups is 1. The van der Waals surface area contributed by atoms with Crippen LogP contribution in [-0.4, -0.2) is 41.7 Å². The molecule has 0 aliphatic carbocycles. The van der Waals surface area contributed by atoms with Gasteiger partial charge in [0.15, 0.2) is 0 Å². The molecule has 1 aromatic carbocycles. The molecule has 3 N–H and O–H groups in total. The van der Waals surface area contributed by atoms with Crippen LogP contribution < -0.4 is 10.6 Å². The van der Waals surface area contributed by atoms with Gasteiger partial charge in [0.25, 0.3) is 0 Å². The Morgan fingerprint density at radius 2 is 2.00 bits per heavy atom. The number of urea groups is 1. The van der Waals surface area contributed by atoms with Crippen molar-refractivity contribution in [2.75, 3.05) is 24.5 Å². The number of carbonyl (C=O) groups excluding carboxylic acids is 1. The molecule has 19 heavy (non-hydrogen) atoms. The molecule has 2 amide bonds. The monoisotopic (exact) mass is 263 g/mol. The molecule has 2 rings (SSSR count). The minimum absolute atomic E-state index is 0.00771. The van der Waals surface area contributed by atoms with Gasteiger partial charge in [-0.2, -0.15) is 0 Å². The van der Waals surface area contributed by atoms with Gasteiger partial charge in [0.2, 0.25) is 0 Å². The highest BCUT2D eigenvalue weighted by atomic mass is 16.3. The summed E-state index contributed by atoms with van der Waals surface area (Å²) in [5.41, 5.74) is 6.99. The van der Waals surface area contributed by atoms with Gasteiger partial charge in [0, 0.05) is 31.2 Å². The maximum atomic E-state index is 12.3.